The summed E-state index contributed by atoms with van der Waals surface area (Å²) in [6.45, 7) is 9.41. The maximum Gasteiger partial charge on any atom is 0.341 e. The van der Waals surface area contributed by atoms with Crippen molar-refractivity contribution in [3.63, 3.8) is 0 Å². The topological polar surface area (TPSA) is 96.0 Å². The second kappa shape index (κ2) is 12.1. The number of anilines is 1. The number of thiophene rings is 1. The molecule has 1 aromatic heterocycles. The molecule has 0 atom stereocenters. The summed E-state index contributed by atoms with van der Waals surface area (Å²) in [7, 11) is -2.28. The summed E-state index contributed by atoms with van der Waals surface area (Å²) in [4.78, 5) is 29.1. The lowest BCUT2D eigenvalue weighted by Crippen LogP contribution is -2.31. The van der Waals surface area contributed by atoms with Gasteiger partial charge >= 0.3 is 5.97 Å². The van der Waals surface area contributed by atoms with Crippen LogP contribution in [0.25, 0.3) is 0 Å². The fourth-order valence-electron chi connectivity index (χ4n) is 4.25. The number of sulfonamides is 1. The summed E-state index contributed by atoms with van der Waals surface area (Å²) in [5.74, 6) is -0.864. The highest BCUT2D eigenvalue weighted by atomic mass is 32.2. The molecule has 0 aliphatic carbocycles. The van der Waals surface area contributed by atoms with Gasteiger partial charge in [-0.2, -0.15) is 4.31 Å². The van der Waals surface area contributed by atoms with Gasteiger partial charge in [0, 0.05) is 36.6 Å². The number of benzene rings is 1. The molecule has 192 valence electrons. The van der Waals surface area contributed by atoms with Crippen LogP contribution in [-0.4, -0.2) is 62.8 Å². The lowest BCUT2D eigenvalue weighted by Gasteiger charge is -2.26. The first-order chi connectivity index (χ1) is 16.8. The number of nitrogens with one attached hydrogen (secondary N) is 1. The normalized spacial score (nSPS) is 14.1. The number of amides is 1. The molecule has 0 fully saturated rings. The van der Waals surface area contributed by atoms with Gasteiger partial charge in [-0.25, -0.2) is 13.2 Å². The summed E-state index contributed by atoms with van der Waals surface area (Å²) in [5, 5.41) is 3.34. The average molecular weight is 522 g/mol. The Kier molecular flexibility index (Phi) is 9.46. The van der Waals surface area contributed by atoms with Crippen LogP contribution in [0.2, 0.25) is 0 Å². The van der Waals surface area contributed by atoms with E-state index in [0.29, 0.717) is 29.2 Å². The second-order valence-corrected chi connectivity index (χ2v) is 11.6. The molecule has 0 saturated heterocycles. The third kappa shape index (κ3) is 6.11. The number of carbonyl (C=O) groups excluding carboxylic acids is 2. The molecule has 10 heteroatoms. The minimum atomic E-state index is -3.62. The zero-order valence-electron chi connectivity index (χ0n) is 20.9. The third-order valence-corrected chi connectivity index (χ3v) is 9.28. The predicted molar refractivity (Wildman–Crippen MR) is 139 cm³/mol. The van der Waals surface area contributed by atoms with Crippen LogP contribution in [0, 0.1) is 0 Å². The Labute approximate surface area is 212 Å². The zero-order chi connectivity index (χ0) is 25.6. The van der Waals surface area contributed by atoms with Gasteiger partial charge in [0.25, 0.3) is 5.91 Å². The van der Waals surface area contributed by atoms with E-state index in [1.807, 2.05) is 13.8 Å². The van der Waals surface area contributed by atoms with Crippen LogP contribution >= 0.6 is 11.3 Å². The first-order valence-electron chi connectivity index (χ1n) is 12.1. The highest BCUT2D eigenvalue weighted by Crippen LogP contribution is 2.38. The number of hydrogen-bond donors (Lipinski definition) is 1. The predicted octanol–water partition coefficient (Wildman–Crippen LogP) is 4.37. The number of fused-ring (bicyclic) bond motifs is 1. The molecule has 2 heterocycles. The van der Waals surface area contributed by atoms with Crippen LogP contribution < -0.4 is 5.32 Å². The minimum absolute atomic E-state index is 0.157. The number of ether oxygens (including phenoxy) is 1. The maximum atomic E-state index is 13.0. The Morgan fingerprint density at radius 2 is 1.86 bits per heavy atom. The fraction of sp³-hybridized carbons (Fsp3) is 0.520. The van der Waals surface area contributed by atoms with Crippen LogP contribution in [0.1, 0.15) is 71.2 Å². The highest BCUT2D eigenvalue weighted by Gasteiger charge is 2.29. The molecule has 0 saturated carbocycles. The molecule has 1 aliphatic rings. The molecular formula is C25H35N3O5S2. The largest absolute Gasteiger partial charge is 0.465 e. The van der Waals surface area contributed by atoms with Crippen LogP contribution in [0.4, 0.5) is 5.00 Å². The molecular weight excluding hydrogens is 486 g/mol. The van der Waals surface area contributed by atoms with Crippen LogP contribution in [0.3, 0.4) is 0 Å². The maximum absolute atomic E-state index is 13.0. The number of nitrogens with zero attached hydrogens (tertiary/aromatic N) is 2. The molecule has 8 nitrogen and oxygen atoms in total. The quantitative estimate of drug-likeness (QED) is 0.441. The van der Waals surface area contributed by atoms with E-state index in [4.69, 9.17) is 4.74 Å². The van der Waals surface area contributed by atoms with E-state index in [1.165, 1.54) is 47.0 Å². The molecule has 0 radical (unpaired) electrons. The van der Waals surface area contributed by atoms with E-state index >= 15 is 0 Å². The Hall–Kier alpha value is -2.27. The van der Waals surface area contributed by atoms with Gasteiger partial charge in [-0.1, -0.05) is 27.2 Å². The standard InChI is InChI=1S/C25H35N3O5S2/c1-5-8-15-28(7-3)35(31,32)19-11-9-18(10-12-19)23(29)26-24-22(25(30)33-4)20-13-16-27(14-6-2)17-21(20)34-24/h9-12H,5-8,13-17H2,1-4H3,(H,26,29). The molecule has 3 rings (SSSR count). The molecule has 0 unspecified atom stereocenters. The zero-order valence-corrected chi connectivity index (χ0v) is 22.6. The summed E-state index contributed by atoms with van der Waals surface area (Å²) >= 11 is 1.40. The fourth-order valence-corrected chi connectivity index (χ4v) is 7.02. The second-order valence-electron chi connectivity index (χ2n) is 8.55. The van der Waals surface area contributed by atoms with Crippen molar-refractivity contribution in [1.29, 1.82) is 0 Å². The van der Waals surface area contributed by atoms with Crippen molar-refractivity contribution < 1.29 is 22.7 Å². The SMILES string of the molecule is CCCCN(CC)S(=O)(=O)c1ccc(C(=O)Nc2sc3c(c2C(=O)OC)CCN(CCC)C3)cc1. The van der Waals surface area contributed by atoms with Gasteiger partial charge in [0.2, 0.25) is 10.0 Å². The van der Waals surface area contributed by atoms with E-state index in [-0.39, 0.29) is 4.90 Å². The average Bonchev–Trinajstić information content (AvgIpc) is 3.21. The smallest absolute Gasteiger partial charge is 0.341 e. The van der Waals surface area contributed by atoms with E-state index < -0.39 is 21.9 Å². The highest BCUT2D eigenvalue weighted by molar-refractivity contribution is 7.89. The lowest BCUT2D eigenvalue weighted by molar-refractivity contribution is 0.0600. The molecule has 35 heavy (non-hydrogen) atoms. The summed E-state index contributed by atoms with van der Waals surface area (Å²) in [6.07, 6.45) is 3.47. The number of unbranched alkanes of at least 4 members (excludes halogenated alkanes) is 1. The van der Waals surface area contributed by atoms with Crippen molar-refractivity contribution >= 4 is 38.2 Å². The summed E-state index contributed by atoms with van der Waals surface area (Å²) < 4.78 is 32.4. The monoisotopic (exact) mass is 521 g/mol. The van der Waals surface area contributed by atoms with Gasteiger partial charge in [0.1, 0.15) is 5.00 Å². The molecule has 1 aliphatic heterocycles. The number of methoxy groups -OCH3 is 1. The van der Waals surface area contributed by atoms with E-state index in [2.05, 4.69) is 17.1 Å². The Morgan fingerprint density at radius 1 is 1.14 bits per heavy atom. The molecule has 0 bridgehead atoms. The molecule has 2 aromatic rings. The first-order valence-corrected chi connectivity index (χ1v) is 14.4. The summed E-state index contributed by atoms with van der Waals surface area (Å²) in [6, 6.07) is 5.93. The van der Waals surface area contributed by atoms with Crippen molar-refractivity contribution in [2.45, 2.75) is 57.9 Å². The van der Waals surface area contributed by atoms with E-state index in [9.17, 15) is 18.0 Å². The number of carbonyl (C=O) groups is 2. The lowest BCUT2D eigenvalue weighted by atomic mass is 10.0. The van der Waals surface area contributed by atoms with Crippen molar-refractivity contribution in [1.82, 2.24) is 9.21 Å². The van der Waals surface area contributed by atoms with Gasteiger partial charge in [0.05, 0.1) is 17.6 Å². The van der Waals surface area contributed by atoms with Gasteiger partial charge in [-0.15, -0.1) is 11.3 Å². The van der Waals surface area contributed by atoms with Crippen LogP contribution in [0.15, 0.2) is 29.2 Å². The molecule has 1 aromatic carbocycles. The molecule has 0 spiro atoms. The van der Waals surface area contributed by atoms with Crippen molar-refractivity contribution in [2.24, 2.45) is 0 Å². The number of hydrogen-bond acceptors (Lipinski definition) is 7. The van der Waals surface area contributed by atoms with E-state index in [0.717, 1.165) is 55.8 Å². The van der Waals surface area contributed by atoms with Crippen molar-refractivity contribution in [3.05, 3.63) is 45.8 Å². The van der Waals surface area contributed by atoms with Crippen LogP contribution in [0.5, 0.6) is 0 Å². The van der Waals surface area contributed by atoms with Crippen molar-refractivity contribution in [2.75, 3.05) is 38.6 Å². The number of esters is 1. The molecule has 1 amide bonds. The molecule has 1 N–H and O–H groups in total. The Balaban J connectivity index is 1.82. The van der Waals surface area contributed by atoms with Crippen molar-refractivity contribution in [3.8, 4) is 0 Å². The van der Waals surface area contributed by atoms with Gasteiger partial charge < -0.3 is 10.1 Å². The minimum Gasteiger partial charge on any atom is -0.465 e. The number of rotatable bonds is 11. The van der Waals surface area contributed by atoms with Gasteiger partial charge in [-0.05, 0) is 55.6 Å². The van der Waals surface area contributed by atoms with Gasteiger partial charge in [0.15, 0.2) is 0 Å². The Morgan fingerprint density at radius 3 is 2.46 bits per heavy atom. The first kappa shape index (κ1) is 27.3. The van der Waals surface area contributed by atoms with E-state index in [1.54, 1.807) is 0 Å². The Bertz CT molecular complexity index is 1140. The van der Waals surface area contributed by atoms with Gasteiger partial charge in [-0.3, -0.25) is 9.69 Å². The summed E-state index contributed by atoms with van der Waals surface area (Å²) in [5.41, 5.74) is 1.68. The third-order valence-electron chi connectivity index (χ3n) is 6.16. The van der Waals surface area contributed by atoms with Crippen LogP contribution in [-0.2, 0) is 27.7 Å².